The van der Waals surface area contributed by atoms with Crippen molar-refractivity contribution in [3.63, 3.8) is 0 Å². The summed E-state index contributed by atoms with van der Waals surface area (Å²) in [5.41, 5.74) is 12.4. The minimum absolute atomic E-state index is 0.0112. The second-order valence-electron chi connectivity index (χ2n) is 5.83. The van der Waals surface area contributed by atoms with Crippen LogP contribution in [0.4, 0.5) is 4.48 Å². The molecule has 1 aromatic carbocycles. The minimum atomic E-state index is -0.0112. The van der Waals surface area contributed by atoms with Gasteiger partial charge in [-0.15, -0.1) is 9.60 Å². The number of hydrogen-bond donors (Lipinski definition) is 0. The maximum Gasteiger partial charge on any atom is 0.0628 e. The maximum absolute atomic E-state index is 13.0. The maximum atomic E-state index is 13.0. The Balaban J connectivity index is 1.72. The monoisotopic (exact) mass is 289 g/mol. The molecule has 1 aliphatic heterocycles. The summed E-state index contributed by atoms with van der Waals surface area (Å²) in [5, 5.41) is 4.78. The number of halogens is 1. The zero-order valence-electron chi connectivity index (χ0n) is 12.1. The Morgan fingerprint density at radius 2 is 2.10 bits per heavy atom. The van der Waals surface area contributed by atoms with Crippen LogP contribution in [0.2, 0.25) is 0 Å². The quantitative estimate of drug-likeness (QED) is 0.371. The van der Waals surface area contributed by atoms with Crippen LogP contribution in [0.25, 0.3) is 10.4 Å². The van der Waals surface area contributed by atoms with Crippen molar-refractivity contribution in [1.82, 2.24) is 10.0 Å². The zero-order valence-corrected chi connectivity index (χ0v) is 12.1. The van der Waals surface area contributed by atoms with E-state index in [9.17, 15) is 4.48 Å². The van der Waals surface area contributed by atoms with Crippen molar-refractivity contribution < 1.29 is 4.48 Å². The van der Waals surface area contributed by atoms with E-state index >= 15 is 0 Å². The van der Waals surface area contributed by atoms with Crippen molar-refractivity contribution in [3.05, 3.63) is 45.3 Å². The molecule has 0 spiro atoms. The standard InChI is InChI=1S/C15H20FN5/c16-21-8-6-20(7-9-21)11-12-4-5-14-13(10-12)2-1-3-15(14)18-19-17/h4-5,10,15H,1-3,6-9,11H2/t15-/m1/s1. The molecule has 1 saturated heterocycles. The number of rotatable bonds is 3. The molecule has 112 valence electrons. The molecule has 0 N–H and O–H groups in total. The van der Waals surface area contributed by atoms with E-state index in [0.29, 0.717) is 13.1 Å². The summed E-state index contributed by atoms with van der Waals surface area (Å²) < 4.78 is 13.0. The first-order valence-corrected chi connectivity index (χ1v) is 7.55. The lowest BCUT2D eigenvalue weighted by atomic mass is 9.87. The Bertz CT molecular complexity index is 547. The second-order valence-corrected chi connectivity index (χ2v) is 5.83. The first-order chi connectivity index (χ1) is 10.3. The Morgan fingerprint density at radius 1 is 1.29 bits per heavy atom. The Hall–Kier alpha value is -1.62. The fourth-order valence-electron chi connectivity index (χ4n) is 3.26. The highest BCUT2D eigenvalue weighted by Crippen LogP contribution is 2.33. The van der Waals surface area contributed by atoms with Gasteiger partial charge in [0.1, 0.15) is 0 Å². The van der Waals surface area contributed by atoms with Crippen molar-refractivity contribution >= 4 is 0 Å². The normalized spacial score (nSPS) is 23.4. The third-order valence-corrected chi connectivity index (χ3v) is 4.40. The fourth-order valence-corrected chi connectivity index (χ4v) is 3.26. The summed E-state index contributed by atoms with van der Waals surface area (Å²) in [7, 11) is 0. The van der Waals surface area contributed by atoms with Gasteiger partial charge >= 0.3 is 0 Å². The van der Waals surface area contributed by atoms with Gasteiger partial charge < -0.3 is 0 Å². The molecule has 1 aliphatic carbocycles. The van der Waals surface area contributed by atoms with Crippen LogP contribution in [-0.4, -0.2) is 36.2 Å². The van der Waals surface area contributed by atoms with E-state index in [1.54, 1.807) is 0 Å². The van der Waals surface area contributed by atoms with Crippen LogP contribution >= 0.6 is 0 Å². The molecule has 0 radical (unpaired) electrons. The fraction of sp³-hybridized carbons (Fsp3) is 0.600. The number of azide groups is 1. The number of aryl methyl sites for hydroxylation is 1. The van der Waals surface area contributed by atoms with Crippen molar-refractivity contribution in [2.45, 2.75) is 31.8 Å². The molecule has 1 fully saturated rings. The van der Waals surface area contributed by atoms with Crippen LogP contribution < -0.4 is 0 Å². The number of hydrogen-bond acceptors (Lipinski definition) is 3. The average Bonchev–Trinajstić information content (AvgIpc) is 2.50. The third kappa shape index (κ3) is 3.35. The molecule has 21 heavy (non-hydrogen) atoms. The van der Waals surface area contributed by atoms with E-state index in [2.05, 4.69) is 33.1 Å². The van der Waals surface area contributed by atoms with Crippen molar-refractivity contribution in [3.8, 4) is 0 Å². The Morgan fingerprint density at radius 3 is 2.86 bits per heavy atom. The Labute approximate surface area is 123 Å². The lowest BCUT2D eigenvalue weighted by Crippen LogP contribution is -2.42. The lowest BCUT2D eigenvalue weighted by molar-refractivity contribution is -0.0235. The lowest BCUT2D eigenvalue weighted by Gasteiger charge is -2.30. The van der Waals surface area contributed by atoms with Crippen LogP contribution in [0.5, 0.6) is 0 Å². The molecule has 0 bridgehead atoms. The van der Waals surface area contributed by atoms with Gasteiger partial charge in [0.2, 0.25) is 0 Å². The molecular formula is C15H20FN5. The summed E-state index contributed by atoms with van der Waals surface area (Å²) in [4.78, 5) is 5.24. The van der Waals surface area contributed by atoms with Crippen LogP contribution in [0.3, 0.4) is 0 Å². The molecule has 1 heterocycles. The molecule has 6 heteroatoms. The molecule has 0 unspecified atom stereocenters. The van der Waals surface area contributed by atoms with Crippen LogP contribution in [-0.2, 0) is 13.0 Å². The van der Waals surface area contributed by atoms with E-state index in [-0.39, 0.29) is 6.04 Å². The van der Waals surface area contributed by atoms with E-state index in [4.69, 9.17) is 5.53 Å². The molecule has 0 aromatic heterocycles. The second kappa shape index (κ2) is 6.43. The smallest absolute Gasteiger partial charge is 0.0628 e. The molecule has 0 amide bonds. The zero-order chi connectivity index (χ0) is 14.7. The Kier molecular flexibility index (Phi) is 4.39. The highest BCUT2D eigenvalue weighted by Gasteiger charge is 2.20. The summed E-state index contributed by atoms with van der Waals surface area (Å²) >= 11 is 0. The number of piperazine rings is 1. The number of fused-ring (bicyclic) bond motifs is 1. The summed E-state index contributed by atoms with van der Waals surface area (Å²) in [6, 6.07) is 6.44. The first-order valence-electron chi connectivity index (χ1n) is 7.55. The van der Waals surface area contributed by atoms with Crippen molar-refractivity contribution in [2.75, 3.05) is 26.2 Å². The molecule has 5 nitrogen and oxygen atoms in total. The van der Waals surface area contributed by atoms with Crippen LogP contribution in [0.15, 0.2) is 23.3 Å². The summed E-state index contributed by atoms with van der Waals surface area (Å²) in [6.45, 7) is 3.39. The third-order valence-electron chi connectivity index (χ3n) is 4.40. The molecular weight excluding hydrogens is 269 g/mol. The molecule has 0 saturated carbocycles. The summed E-state index contributed by atoms with van der Waals surface area (Å²) in [5.74, 6) is 0. The van der Waals surface area contributed by atoms with Gasteiger partial charge in [0.05, 0.1) is 6.04 Å². The van der Waals surface area contributed by atoms with Crippen molar-refractivity contribution in [1.29, 1.82) is 0 Å². The number of benzene rings is 1. The highest BCUT2D eigenvalue weighted by molar-refractivity contribution is 5.36. The molecule has 3 rings (SSSR count). The van der Waals surface area contributed by atoms with E-state index in [0.717, 1.165) is 44.0 Å². The predicted octanol–water partition coefficient (Wildman–Crippen LogP) is 3.38. The average molecular weight is 289 g/mol. The predicted molar refractivity (Wildman–Crippen MR) is 79.2 cm³/mol. The summed E-state index contributed by atoms with van der Waals surface area (Å²) in [6.07, 6.45) is 3.06. The van der Waals surface area contributed by atoms with Crippen molar-refractivity contribution in [2.24, 2.45) is 5.11 Å². The molecule has 1 aromatic rings. The van der Waals surface area contributed by atoms with E-state index < -0.39 is 0 Å². The SMILES string of the molecule is [N-]=[N+]=N[C@@H]1CCCc2cc(CN3CCN(F)CC3)ccc21. The van der Waals surface area contributed by atoms with Gasteiger partial charge in [-0.2, -0.15) is 0 Å². The highest BCUT2D eigenvalue weighted by atomic mass is 19.2. The van der Waals surface area contributed by atoms with Gasteiger partial charge in [0.15, 0.2) is 0 Å². The van der Waals surface area contributed by atoms with Gasteiger partial charge in [-0.3, -0.25) is 4.90 Å². The van der Waals surface area contributed by atoms with Gasteiger partial charge in [-0.25, -0.2) is 0 Å². The van der Waals surface area contributed by atoms with Gasteiger partial charge in [-0.05, 0) is 41.5 Å². The molecule has 2 aliphatic rings. The van der Waals surface area contributed by atoms with Gasteiger partial charge in [-0.1, -0.05) is 23.3 Å². The molecule has 1 atom stereocenters. The van der Waals surface area contributed by atoms with Crippen LogP contribution in [0.1, 0.15) is 35.6 Å². The minimum Gasteiger partial charge on any atom is -0.296 e. The van der Waals surface area contributed by atoms with E-state index in [1.807, 2.05) is 0 Å². The van der Waals surface area contributed by atoms with Crippen LogP contribution in [0, 0.1) is 0 Å². The largest absolute Gasteiger partial charge is 0.296 e. The first kappa shape index (κ1) is 14.3. The van der Waals surface area contributed by atoms with Gasteiger partial charge in [0, 0.05) is 37.6 Å². The van der Waals surface area contributed by atoms with Gasteiger partial charge in [0.25, 0.3) is 0 Å². The topological polar surface area (TPSA) is 55.2 Å². The van der Waals surface area contributed by atoms with E-state index in [1.165, 1.54) is 16.7 Å². The number of nitrogens with zero attached hydrogens (tertiary/aromatic N) is 5.